The first kappa shape index (κ1) is 19.2. The van der Waals surface area contributed by atoms with Gasteiger partial charge in [0.05, 0.1) is 7.11 Å². The minimum absolute atomic E-state index is 0.106. The lowest BCUT2D eigenvalue weighted by Gasteiger charge is -2.11. The standard InChI is InChI=1S/C22H23NO3/c1-5-7-16-8-6-9-17(14-16)15-20(26-4)21(24)18-10-12-19(13-11-18)22(25)23(2)3/h5-6,8-15H,1,7H2,2-4H3. The fraction of sp³-hybridized carbons (Fsp3) is 0.182. The van der Waals surface area contributed by atoms with E-state index in [1.54, 1.807) is 44.4 Å². The van der Waals surface area contributed by atoms with Crippen molar-refractivity contribution in [1.29, 1.82) is 0 Å². The van der Waals surface area contributed by atoms with Crippen molar-refractivity contribution < 1.29 is 14.3 Å². The number of carbonyl (C=O) groups excluding carboxylic acids is 2. The lowest BCUT2D eigenvalue weighted by molar-refractivity contribution is 0.0826. The molecular formula is C22H23NO3. The number of hydrogen-bond acceptors (Lipinski definition) is 3. The molecule has 0 saturated heterocycles. The molecule has 134 valence electrons. The summed E-state index contributed by atoms with van der Waals surface area (Å²) in [7, 11) is 4.85. The zero-order valence-electron chi connectivity index (χ0n) is 15.4. The van der Waals surface area contributed by atoms with Crippen molar-refractivity contribution >= 4 is 17.8 Å². The monoisotopic (exact) mass is 349 g/mol. The topological polar surface area (TPSA) is 46.6 Å². The van der Waals surface area contributed by atoms with Gasteiger partial charge in [0, 0.05) is 25.2 Å². The van der Waals surface area contributed by atoms with Crippen LogP contribution in [0.25, 0.3) is 6.08 Å². The van der Waals surface area contributed by atoms with E-state index in [0.29, 0.717) is 11.1 Å². The van der Waals surface area contributed by atoms with E-state index in [2.05, 4.69) is 6.58 Å². The van der Waals surface area contributed by atoms with Gasteiger partial charge in [-0.3, -0.25) is 9.59 Å². The zero-order valence-corrected chi connectivity index (χ0v) is 15.4. The highest BCUT2D eigenvalue weighted by molar-refractivity contribution is 6.10. The van der Waals surface area contributed by atoms with E-state index in [4.69, 9.17) is 4.74 Å². The Morgan fingerprint density at radius 3 is 2.31 bits per heavy atom. The summed E-state index contributed by atoms with van der Waals surface area (Å²) >= 11 is 0. The Hall–Kier alpha value is -3.14. The fourth-order valence-corrected chi connectivity index (χ4v) is 2.51. The molecule has 2 aromatic rings. The summed E-state index contributed by atoms with van der Waals surface area (Å²) in [4.78, 5) is 26.1. The number of ketones is 1. The van der Waals surface area contributed by atoms with Crippen LogP contribution in [0, 0.1) is 0 Å². The average molecular weight is 349 g/mol. The summed E-state index contributed by atoms with van der Waals surface area (Å²) in [5.74, 6) is -0.0940. The summed E-state index contributed by atoms with van der Waals surface area (Å²) in [6.45, 7) is 3.74. The number of amides is 1. The van der Waals surface area contributed by atoms with Crippen molar-refractivity contribution in [2.45, 2.75) is 6.42 Å². The predicted molar refractivity (Wildman–Crippen MR) is 104 cm³/mol. The first-order valence-electron chi connectivity index (χ1n) is 8.28. The van der Waals surface area contributed by atoms with Gasteiger partial charge in [-0.1, -0.05) is 42.5 Å². The molecule has 0 spiro atoms. The maximum atomic E-state index is 12.7. The molecule has 0 unspecified atom stereocenters. The number of allylic oxidation sites excluding steroid dienone is 2. The van der Waals surface area contributed by atoms with E-state index < -0.39 is 0 Å². The lowest BCUT2D eigenvalue weighted by Crippen LogP contribution is -2.21. The van der Waals surface area contributed by atoms with E-state index >= 15 is 0 Å². The van der Waals surface area contributed by atoms with Gasteiger partial charge in [0.25, 0.3) is 5.91 Å². The number of ether oxygens (including phenoxy) is 1. The van der Waals surface area contributed by atoms with Crippen molar-refractivity contribution in [1.82, 2.24) is 4.90 Å². The Bertz CT molecular complexity index is 833. The Labute approximate surface area is 154 Å². The fourth-order valence-electron chi connectivity index (χ4n) is 2.51. The summed E-state index contributed by atoms with van der Waals surface area (Å²) in [6, 6.07) is 14.4. The molecule has 0 saturated carbocycles. The molecule has 0 aliphatic carbocycles. The van der Waals surface area contributed by atoms with Gasteiger partial charge in [0.2, 0.25) is 5.78 Å². The van der Waals surface area contributed by atoms with E-state index in [1.807, 2.05) is 30.3 Å². The molecule has 0 N–H and O–H groups in total. The molecule has 26 heavy (non-hydrogen) atoms. The summed E-state index contributed by atoms with van der Waals surface area (Å²) < 4.78 is 5.30. The van der Waals surface area contributed by atoms with Crippen LogP contribution < -0.4 is 0 Å². The molecule has 0 atom stereocenters. The second-order valence-electron chi connectivity index (χ2n) is 6.06. The third kappa shape index (κ3) is 4.70. The molecule has 4 heteroatoms. The van der Waals surface area contributed by atoms with Gasteiger partial charge < -0.3 is 9.64 Å². The van der Waals surface area contributed by atoms with Crippen molar-refractivity contribution in [3.8, 4) is 0 Å². The predicted octanol–water partition coefficient (Wildman–Crippen LogP) is 3.99. The quantitative estimate of drug-likeness (QED) is 0.329. The van der Waals surface area contributed by atoms with Crippen LogP contribution in [0.5, 0.6) is 0 Å². The van der Waals surface area contributed by atoms with Gasteiger partial charge in [-0.2, -0.15) is 0 Å². The Balaban J connectivity index is 2.26. The van der Waals surface area contributed by atoms with Crippen molar-refractivity contribution in [2.75, 3.05) is 21.2 Å². The minimum Gasteiger partial charge on any atom is -0.493 e. The smallest absolute Gasteiger partial charge is 0.253 e. The van der Waals surface area contributed by atoms with Crippen LogP contribution in [-0.2, 0) is 11.2 Å². The average Bonchev–Trinajstić information content (AvgIpc) is 2.65. The minimum atomic E-state index is -0.231. The Morgan fingerprint density at radius 1 is 1.08 bits per heavy atom. The number of rotatable bonds is 7. The molecule has 2 rings (SSSR count). The first-order chi connectivity index (χ1) is 12.5. The van der Waals surface area contributed by atoms with Crippen LogP contribution in [0.2, 0.25) is 0 Å². The van der Waals surface area contributed by atoms with Crippen LogP contribution >= 0.6 is 0 Å². The molecule has 0 aliphatic heterocycles. The Kier molecular flexibility index (Phi) is 6.50. The highest BCUT2D eigenvalue weighted by atomic mass is 16.5. The summed E-state index contributed by atoms with van der Waals surface area (Å²) in [5.41, 5.74) is 3.00. The maximum absolute atomic E-state index is 12.7. The van der Waals surface area contributed by atoms with Gasteiger partial charge in [0.1, 0.15) is 0 Å². The second kappa shape index (κ2) is 8.81. The second-order valence-corrected chi connectivity index (χ2v) is 6.06. The third-order valence-corrected chi connectivity index (χ3v) is 3.87. The van der Waals surface area contributed by atoms with E-state index in [-0.39, 0.29) is 17.4 Å². The zero-order chi connectivity index (χ0) is 19.1. The maximum Gasteiger partial charge on any atom is 0.253 e. The van der Waals surface area contributed by atoms with Gasteiger partial charge in [0.15, 0.2) is 5.76 Å². The lowest BCUT2D eigenvalue weighted by atomic mass is 10.0. The molecule has 0 heterocycles. The van der Waals surface area contributed by atoms with Crippen molar-refractivity contribution in [3.05, 3.63) is 89.2 Å². The van der Waals surface area contributed by atoms with Crippen LogP contribution in [0.1, 0.15) is 31.8 Å². The Morgan fingerprint density at radius 2 is 1.73 bits per heavy atom. The number of Topliss-reactive ketones (excluding diaryl/α,β-unsaturated/α-hetero) is 1. The van der Waals surface area contributed by atoms with Gasteiger partial charge in [-0.25, -0.2) is 0 Å². The molecule has 2 aromatic carbocycles. The molecule has 1 amide bonds. The normalized spacial score (nSPS) is 11.0. The molecular weight excluding hydrogens is 326 g/mol. The number of methoxy groups -OCH3 is 1. The third-order valence-electron chi connectivity index (χ3n) is 3.87. The van der Waals surface area contributed by atoms with Crippen LogP contribution in [-0.4, -0.2) is 37.8 Å². The molecule has 0 aliphatic rings. The van der Waals surface area contributed by atoms with E-state index in [9.17, 15) is 9.59 Å². The highest BCUT2D eigenvalue weighted by Gasteiger charge is 2.15. The summed E-state index contributed by atoms with van der Waals surface area (Å²) in [6.07, 6.45) is 4.31. The van der Waals surface area contributed by atoms with Gasteiger partial charge >= 0.3 is 0 Å². The summed E-state index contributed by atoms with van der Waals surface area (Å²) in [5, 5.41) is 0. The number of carbonyl (C=O) groups is 2. The number of benzene rings is 2. The van der Waals surface area contributed by atoms with Gasteiger partial charge in [-0.05, 0) is 35.8 Å². The number of hydrogen-bond donors (Lipinski definition) is 0. The van der Waals surface area contributed by atoms with Crippen molar-refractivity contribution in [3.63, 3.8) is 0 Å². The first-order valence-corrected chi connectivity index (χ1v) is 8.28. The molecule has 0 bridgehead atoms. The van der Waals surface area contributed by atoms with Crippen LogP contribution in [0.15, 0.2) is 66.9 Å². The molecule has 0 aromatic heterocycles. The van der Waals surface area contributed by atoms with E-state index in [0.717, 1.165) is 17.5 Å². The van der Waals surface area contributed by atoms with E-state index in [1.165, 1.54) is 12.0 Å². The van der Waals surface area contributed by atoms with Crippen LogP contribution in [0.3, 0.4) is 0 Å². The highest BCUT2D eigenvalue weighted by Crippen LogP contribution is 2.16. The largest absolute Gasteiger partial charge is 0.493 e. The SMILES string of the molecule is C=CCc1cccc(C=C(OC)C(=O)c2ccc(C(=O)N(C)C)cc2)c1. The van der Waals surface area contributed by atoms with Gasteiger partial charge in [-0.15, -0.1) is 6.58 Å². The van der Waals surface area contributed by atoms with Crippen molar-refractivity contribution in [2.24, 2.45) is 0 Å². The van der Waals surface area contributed by atoms with Crippen LogP contribution in [0.4, 0.5) is 0 Å². The molecule has 4 nitrogen and oxygen atoms in total. The molecule has 0 fully saturated rings. The molecule has 0 radical (unpaired) electrons. The number of nitrogens with zero attached hydrogens (tertiary/aromatic N) is 1.